The number of carbonyl (C=O) groups is 1. The fraction of sp³-hybridized carbons (Fsp3) is 0.364. The predicted molar refractivity (Wildman–Crippen MR) is 58.3 cm³/mol. The van der Waals surface area contributed by atoms with Crippen LogP contribution in [-0.2, 0) is 12.8 Å². The minimum atomic E-state index is -0.472. The average molecular weight is 216 g/mol. The van der Waals surface area contributed by atoms with E-state index in [4.69, 9.17) is 5.73 Å². The van der Waals surface area contributed by atoms with Gasteiger partial charge in [-0.05, 0) is 31.7 Å². The molecule has 2 aromatic rings. The van der Waals surface area contributed by atoms with Crippen LogP contribution in [0.1, 0.15) is 33.7 Å². The van der Waals surface area contributed by atoms with E-state index in [2.05, 4.69) is 10.1 Å². The van der Waals surface area contributed by atoms with Crippen molar-refractivity contribution in [2.45, 2.75) is 26.2 Å². The molecule has 0 radical (unpaired) electrons. The molecule has 2 heterocycles. The molecule has 3 rings (SSSR count). The Morgan fingerprint density at radius 2 is 2.31 bits per heavy atom. The van der Waals surface area contributed by atoms with Gasteiger partial charge in [0.1, 0.15) is 5.56 Å². The van der Waals surface area contributed by atoms with Crippen molar-refractivity contribution in [1.82, 2.24) is 14.6 Å². The van der Waals surface area contributed by atoms with E-state index in [0.717, 1.165) is 25.0 Å². The summed E-state index contributed by atoms with van der Waals surface area (Å²) >= 11 is 0. The third-order valence-corrected chi connectivity index (χ3v) is 3.16. The van der Waals surface area contributed by atoms with E-state index in [-0.39, 0.29) is 0 Å². The van der Waals surface area contributed by atoms with Crippen LogP contribution in [0.4, 0.5) is 0 Å². The van der Waals surface area contributed by atoms with Crippen LogP contribution >= 0.6 is 0 Å². The smallest absolute Gasteiger partial charge is 0.254 e. The number of hydrogen-bond acceptors (Lipinski definition) is 3. The molecule has 5 nitrogen and oxygen atoms in total. The molecule has 0 atom stereocenters. The first-order valence-corrected chi connectivity index (χ1v) is 5.34. The Kier molecular flexibility index (Phi) is 1.77. The molecule has 0 unspecified atom stereocenters. The van der Waals surface area contributed by atoms with Gasteiger partial charge < -0.3 is 5.73 Å². The van der Waals surface area contributed by atoms with Gasteiger partial charge in [0, 0.05) is 11.4 Å². The molecular formula is C11H12N4O. The molecule has 2 N–H and O–H groups in total. The lowest BCUT2D eigenvalue weighted by Crippen LogP contribution is -2.12. The number of amides is 1. The molecule has 2 aromatic heterocycles. The average Bonchev–Trinajstić information content (AvgIpc) is 2.80. The maximum absolute atomic E-state index is 11.2. The van der Waals surface area contributed by atoms with Gasteiger partial charge in [-0.15, -0.1) is 0 Å². The van der Waals surface area contributed by atoms with Crippen LogP contribution in [0, 0.1) is 6.92 Å². The van der Waals surface area contributed by atoms with E-state index in [9.17, 15) is 4.79 Å². The summed E-state index contributed by atoms with van der Waals surface area (Å²) in [5.41, 5.74) is 9.71. The second kappa shape index (κ2) is 3.04. The summed E-state index contributed by atoms with van der Waals surface area (Å²) < 4.78 is 1.76. The first kappa shape index (κ1) is 9.33. The lowest BCUT2D eigenvalue weighted by molar-refractivity contribution is 0.100. The Bertz CT molecular complexity index is 600. The van der Waals surface area contributed by atoms with E-state index in [1.165, 1.54) is 17.5 Å². The number of hydrogen-bond donors (Lipinski definition) is 1. The molecule has 0 aliphatic heterocycles. The van der Waals surface area contributed by atoms with Crippen molar-refractivity contribution in [1.29, 1.82) is 0 Å². The van der Waals surface area contributed by atoms with Crippen LogP contribution in [0.2, 0.25) is 0 Å². The summed E-state index contributed by atoms with van der Waals surface area (Å²) in [5.74, 6) is -0.472. The molecule has 0 saturated heterocycles. The van der Waals surface area contributed by atoms with Crippen molar-refractivity contribution in [3.8, 4) is 0 Å². The van der Waals surface area contributed by atoms with Crippen LogP contribution in [0.5, 0.6) is 0 Å². The van der Waals surface area contributed by atoms with Crippen molar-refractivity contribution < 1.29 is 4.79 Å². The highest BCUT2D eigenvalue weighted by molar-refractivity contribution is 5.98. The number of nitrogens with zero attached hydrogens (tertiary/aromatic N) is 3. The van der Waals surface area contributed by atoms with Crippen molar-refractivity contribution in [3.63, 3.8) is 0 Å². The lowest BCUT2D eigenvalue weighted by atomic mass is 10.2. The van der Waals surface area contributed by atoms with Crippen LogP contribution in [0.25, 0.3) is 5.65 Å². The molecule has 1 aliphatic rings. The van der Waals surface area contributed by atoms with E-state index < -0.39 is 5.91 Å². The summed E-state index contributed by atoms with van der Waals surface area (Å²) in [6, 6.07) is 0. The molecule has 82 valence electrons. The maximum atomic E-state index is 11.2. The first-order chi connectivity index (χ1) is 7.68. The highest BCUT2D eigenvalue weighted by Crippen LogP contribution is 2.25. The standard InChI is InChI=1S/C11H12N4O/c1-6-7-3-2-4-9(7)15-11(14-6)8(5-13-15)10(12)16/h5H,2-4H2,1H3,(H2,12,16). The number of aromatic nitrogens is 3. The Balaban J connectivity index is 2.40. The third-order valence-electron chi connectivity index (χ3n) is 3.16. The normalized spacial score (nSPS) is 14.3. The maximum Gasteiger partial charge on any atom is 0.254 e. The van der Waals surface area contributed by atoms with Gasteiger partial charge in [-0.1, -0.05) is 0 Å². The number of rotatable bonds is 1. The van der Waals surface area contributed by atoms with Gasteiger partial charge in [0.2, 0.25) is 0 Å². The van der Waals surface area contributed by atoms with E-state index in [1.54, 1.807) is 4.52 Å². The molecule has 0 saturated carbocycles. The molecule has 0 fully saturated rings. The fourth-order valence-corrected chi connectivity index (χ4v) is 2.40. The molecular weight excluding hydrogens is 204 g/mol. The zero-order valence-corrected chi connectivity index (χ0v) is 9.03. The number of nitrogens with two attached hydrogens (primary N) is 1. The zero-order chi connectivity index (χ0) is 11.3. The highest BCUT2D eigenvalue weighted by atomic mass is 16.1. The van der Waals surface area contributed by atoms with Gasteiger partial charge in [0.05, 0.1) is 6.20 Å². The van der Waals surface area contributed by atoms with Crippen molar-refractivity contribution in [3.05, 3.63) is 28.7 Å². The number of aryl methyl sites for hydroxylation is 2. The van der Waals surface area contributed by atoms with E-state index in [1.807, 2.05) is 6.92 Å². The Morgan fingerprint density at radius 1 is 1.50 bits per heavy atom. The number of carbonyl (C=O) groups excluding carboxylic acids is 1. The van der Waals surface area contributed by atoms with Gasteiger partial charge in [-0.3, -0.25) is 4.79 Å². The molecule has 0 aromatic carbocycles. The predicted octanol–water partition coefficient (Wildman–Crippen LogP) is 0.625. The Morgan fingerprint density at radius 3 is 3.06 bits per heavy atom. The Labute approximate surface area is 92.3 Å². The summed E-state index contributed by atoms with van der Waals surface area (Å²) in [7, 11) is 0. The number of primary amides is 1. The molecule has 16 heavy (non-hydrogen) atoms. The minimum Gasteiger partial charge on any atom is -0.365 e. The van der Waals surface area contributed by atoms with Crippen molar-refractivity contribution in [2.24, 2.45) is 5.73 Å². The fourth-order valence-electron chi connectivity index (χ4n) is 2.40. The summed E-state index contributed by atoms with van der Waals surface area (Å²) in [4.78, 5) is 15.6. The molecule has 5 heteroatoms. The van der Waals surface area contributed by atoms with Crippen molar-refractivity contribution >= 4 is 11.6 Å². The monoisotopic (exact) mass is 216 g/mol. The summed E-state index contributed by atoms with van der Waals surface area (Å²) in [6.07, 6.45) is 4.68. The molecule has 1 aliphatic carbocycles. The van der Waals surface area contributed by atoms with Crippen molar-refractivity contribution in [2.75, 3.05) is 0 Å². The van der Waals surface area contributed by atoms with Gasteiger partial charge in [0.25, 0.3) is 5.91 Å². The number of fused-ring (bicyclic) bond motifs is 3. The largest absolute Gasteiger partial charge is 0.365 e. The SMILES string of the molecule is Cc1nc2c(C(N)=O)cnn2c2c1CCC2. The molecule has 0 spiro atoms. The molecule has 1 amide bonds. The second-order valence-corrected chi connectivity index (χ2v) is 4.13. The van der Waals surface area contributed by atoms with Crippen LogP contribution in [0.15, 0.2) is 6.20 Å². The topological polar surface area (TPSA) is 73.3 Å². The van der Waals surface area contributed by atoms with E-state index >= 15 is 0 Å². The second-order valence-electron chi connectivity index (χ2n) is 4.13. The van der Waals surface area contributed by atoms with Crippen LogP contribution in [-0.4, -0.2) is 20.5 Å². The zero-order valence-electron chi connectivity index (χ0n) is 9.03. The molecule has 0 bridgehead atoms. The van der Waals surface area contributed by atoms with Gasteiger partial charge in [-0.25, -0.2) is 9.50 Å². The summed E-state index contributed by atoms with van der Waals surface area (Å²) in [6.45, 7) is 1.97. The highest BCUT2D eigenvalue weighted by Gasteiger charge is 2.21. The van der Waals surface area contributed by atoms with Gasteiger partial charge in [-0.2, -0.15) is 5.10 Å². The van der Waals surface area contributed by atoms with Gasteiger partial charge in [0.15, 0.2) is 5.65 Å². The Hall–Kier alpha value is -1.91. The van der Waals surface area contributed by atoms with Crippen LogP contribution < -0.4 is 5.73 Å². The van der Waals surface area contributed by atoms with E-state index in [0.29, 0.717) is 11.2 Å². The minimum absolute atomic E-state index is 0.401. The van der Waals surface area contributed by atoms with Crippen LogP contribution in [0.3, 0.4) is 0 Å². The first-order valence-electron chi connectivity index (χ1n) is 5.34. The summed E-state index contributed by atoms with van der Waals surface area (Å²) in [5, 5.41) is 4.21. The quantitative estimate of drug-likeness (QED) is 0.759. The van der Waals surface area contributed by atoms with Gasteiger partial charge >= 0.3 is 0 Å². The lowest BCUT2D eigenvalue weighted by Gasteiger charge is -2.06. The third kappa shape index (κ3) is 1.08.